The van der Waals surface area contributed by atoms with E-state index in [0.29, 0.717) is 18.1 Å². The van der Waals surface area contributed by atoms with Crippen LogP contribution in [0.4, 0.5) is 19.0 Å². The van der Waals surface area contributed by atoms with Gasteiger partial charge in [-0.1, -0.05) is 20.8 Å². The molecule has 1 heterocycles. The molecule has 0 aliphatic rings. The van der Waals surface area contributed by atoms with Gasteiger partial charge in [0.05, 0.1) is 0 Å². The van der Waals surface area contributed by atoms with Crippen molar-refractivity contribution in [3.05, 3.63) is 17.1 Å². The molecule has 1 aromatic rings. The van der Waals surface area contributed by atoms with Crippen molar-refractivity contribution in [3.8, 4) is 0 Å². The number of anilines is 1. The molecule has 0 radical (unpaired) electrons. The molecule has 108 valence electrons. The van der Waals surface area contributed by atoms with Crippen molar-refractivity contribution in [2.45, 2.75) is 52.6 Å². The minimum atomic E-state index is -4.28. The predicted octanol–water partition coefficient (Wildman–Crippen LogP) is 3.84. The van der Waals surface area contributed by atoms with E-state index in [0.717, 1.165) is 12.0 Å². The summed E-state index contributed by atoms with van der Waals surface area (Å²) in [6.45, 7) is 8.36. The summed E-state index contributed by atoms with van der Waals surface area (Å²) in [6.07, 6.45) is -4.49. The zero-order valence-corrected chi connectivity index (χ0v) is 11.7. The molecule has 1 N–H and O–H groups in total. The molecule has 0 spiro atoms. The quantitative estimate of drug-likeness (QED) is 0.887. The molecule has 0 saturated carbocycles. The molecule has 0 bridgehead atoms. The van der Waals surface area contributed by atoms with Crippen LogP contribution < -0.4 is 5.32 Å². The van der Waals surface area contributed by atoms with Crippen molar-refractivity contribution >= 4 is 5.82 Å². The number of halogens is 3. The monoisotopic (exact) mass is 275 g/mol. The summed E-state index contributed by atoms with van der Waals surface area (Å²) < 4.78 is 37.2. The van der Waals surface area contributed by atoms with E-state index in [9.17, 15) is 13.2 Å². The van der Waals surface area contributed by atoms with Crippen LogP contribution in [0.2, 0.25) is 0 Å². The summed E-state index contributed by atoms with van der Waals surface area (Å²) in [5.74, 6) is 0.524. The standard InChI is InChI=1S/C13H20F3N3/c1-5-6-17-12-11(8(2)3)9(4)18-10(19-12)7-13(14,15)16/h8H,5-7H2,1-4H3,(H,17,18,19). The summed E-state index contributed by atoms with van der Waals surface area (Å²) in [5.41, 5.74) is 1.50. The normalized spacial score (nSPS) is 12.0. The van der Waals surface area contributed by atoms with Crippen LogP contribution in [0.5, 0.6) is 0 Å². The van der Waals surface area contributed by atoms with Crippen LogP contribution in [-0.2, 0) is 6.42 Å². The maximum atomic E-state index is 12.4. The number of hydrogen-bond donors (Lipinski definition) is 1. The van der Waals surface area contributed by atoms with Crippen molar-refractivity contribution in [1.82, 2.24) is 9.97 Å². The molecule has 1 aromatic heterocycles. The number of nitrogens with zero attached hydrogens (tertiary/aromatic N) is 2. The Morgan fingerprint density at radius 2 is 1.84 bits per heavy atom. The Kier molecular flexibility index (Phi) is 5.14. The van der Waals surface area contributed by atoms with Crippen LogP contribution >= 0.6 is 0 Å². The first-order chi connectivity index (χ1) is 8.74. The molecule has 0 fully saturated rings. The Bertz CT molecular complexity index is 428. The van der Waals surface area contributed by atoms with E-state index in [1.54, 1.807) is 6.92 Å². The minimum absolute atomic E-state index is 0.166. The van der Waals surface area contributed by atoms with Crippen molar-refractivity contribution in [2.75, 3.05) is 11.9 Å². The Hall–Kier alpha value is -1.33. The first-order valence-corrected chi connectivity index (χ1v) is 6.42. The van der Waals surface area contributed by atoms with E-state index < -0.39 is 12.6 Å². The molecule has 0 aromatic carbocycles. The molecular weight excluding hydrogens is 255 g/mol. The third-order valence-electron chi connectivity index (χ3n) is 2.66. The fourth-order valence-corrected chi connectivity index (χ4v) is 1.97. The molecule has 1 rings (SSSR count). The smallest absolute Gasteiger partial charge is 0.370 e. The Balaban J connectivity index is 3.14. The van der Waals surface area contributed by atoms with Gasteiger partial charge < -0.3 is 5.32 Å². The van der Waals surface area contributed by atoms with Crippen LogP contribution in [0.1, 0.15) is 50.2 Å². The van der Waals surface area contributed by atoms with Gasteiger partial charge in [-0.15, -0.1) is 0 Å². The molecule has 0 saturated heterocycles. The summed E-state index contributed by atoms with van der Waals surface area (Å²) in [5, 5.41) is 3.09. The second-order valence-corrected chi connectivity index (χ2v) is 4.86. The Morgan fingerprint density at radius 1 is 1.21 bits per heavy atom. The van der Waals surface area contributed by atoms with E-state index >= 15 is 0 Å². The lowest BCUT2D eigenvalue weighted by Crippen LogP contribution is -2.17. The molecule has 0 aliphatic heterocycles. The van der Waals surface area contributed by atoms with Gasteiger partial charge in [0.2, 0.25) is 0 Å². The molecule has 0 amide bonds. The van der Waals surface area contributed by atoms with Crippen LogP contribution in [0, 0.1) is 6.92 Å². The second kappa shape index (κ2) is 6.21. The van der Waals surface area contributed by atoms with Crippen LogP contribution in [0.15, 0.2) is 0 Å². The Labute approximate surface area is 111 Å². The summed E-state index contributed by atoms with van der Waals surface area (Å²) >= 11 is 0. The van der Waals surface area contributed by atoms with E-state index in [2.05, 4.69) is 15.3 Å². The van der Waals surface area contributed by atoms with Gasteiger partial charge in [-0.2, -0.15) is 13.2 Å². The Morgan fingerprint density at radius 3 is 2.32 bits per heavy atom. The van der Waals surface area contributed by atoms with E-state index in [1.165, 1.54) is 0 Å². The number of hydrogen-bond acceptors (Lipinski definition) is 3. The van der Waals surface area contributed by atoms with Gasteiger partial charge in [0, 0.05) is 17.8 Å². The molecule has 19 heavy (non-hydrogen) atoms. The van der Waals surface area contributed by atoms with Gasteiger partial charge in [0.15, 0.2) is 0 Å². The SMILES string of the molecule is CCCNc1nc(CC(F)(F)F)nc(C)c1C(C)C. The largest absolute Gasteiger partial charge is 0.396 e. The highest BCUT2D eigenvalue weighted by Gasteiger charge is 2.30. The van der Waals surface area contributed by atoms with Gasteiger partial charge in [-0.25, -0.2) is 9.97 Å². The molecule has 6 heteroatoms. The van der Waals surface area contributed by atoms with Gasteiger partial charge in [-0.05, 0) is 19.3 Å². The van der Waals surface area contributed by atoms with Crippen LogP contribution in [0.25, 0.3) is 0 Å². The summed E-state index contributed by atoms with van der Waals surface area (Å²) in [4.78, 5) is 8.01. The van der Waals surface area contributed by atoms with E-state index in [4.69, 9.17) is 0 Å². The van der Waals surface area contributed by atoms with E-state index in [1.807, 2.05) is 20.8 Å². The lowest BCUT2D eigenvalue weighted by molar-refractivity contribution is -0.128. The lowest BCUT2D eigenvalue weighted by atomic mass is 10.0. The fourth-order valence-electron chi connectivity index (χ4n) is 1.97. The minimum Gasteiger partial charge on any atom is -0.370 e. The van der Waals surface area contributed by atoms with Crippen molar-refractivity contribution in [2.24, 2.45) is 0 Å². The van der Waals surface area contributed by atoms with Gasteiger partial charge in [-0.3, -0.25) is 0 Å². The van der Waals surface area contributed by atoms with Crippen molar-refractivity contribution in [1.29, 1.82) is 0 Å². The molecule has 0 aliphatic carbocycles. The summed E-state index contributed by atoms with van der Waals surface area (Å²) in [6, 6.07) is 0. The highest BCUT2D eigenvalue weighted by molar-refractivity contribution is 5.48. The number of aromatic nitrogens is 2. The highest BCUT2D eigenvalue weighted by atomic mass is 19.4. The van der Waals surface area contributed by atoms with Crippen LogP contribution in [0.3, 0.4) is 0 Å². The molecule has 0 atom stereocenters. The summed E-state index contributed by atoms with van der Waals surface area (Å²) in [7, 11) is 0. The first-order valence-electron chi connectivity index (χ1n) is 6.42. The van der Waals surface area contributed by atoms with Gasteiger partial charge in [0.1, 0.15) is 18.1 Å². The predicted molar refractivity (Wildman–Crippen MR) is 69.4 cm³/mol. The third kappa shape index (κ3) is 4.69. The van der Waals surface area contributed by atoms with Crippen molar-refractivity contribution < 1.29 is 13.2 Å². The van der Waals surface area contributed by atoms with Gasteiger partial charge in [0.25, 0.3) is 0 Å². The molecule has 0 unspecified atom stereocenters. The highest BCUT2D eigenvalue weighted by Crippen LogP contribution is 2.27. The third-order valence-corrected chi connectivity index (χ3v) is 2.66. The molecular formula is C13H20F3N3. The molecule has 3 nitrogen and oxygen atoms in total. The van der Waals surface area contributed by atoms with Gasteiger partial charge >= 0.3 is 6.18 Å². The van der Waals surface area contributed by atoms with Crippen LogP contribution in [-0.4, -0.2) is 22.7 Å². The first kappa shape index (κ1) is 15.7. The lowest BCUT2D eigenvalue weighted by Gasteiger charge is -2.17. The topological polar surface area (TPSA) is 37.8 Å². The number of nitrogens with one attached hydrogen (secondary N) is 1. The number of rotatable bonds is 5. The fraction of sp³-hybridized carbons (Fsp3) is 0.692. The number of alkyl halides is 3. The zero-order chi connectivity index (χ0) is 14.6. The average Bonchev–Trinajstić information content (AvgIpc) is 2.22. The maximum absolute atomic E-state index is 12.4. The second-order valence-electron chi connectivity index (χ2n) is 4.86. The zero-order valence-electron chi connectivity index (χ0n) is 11.7. The average molecular weight is 275 g/mol. The van der Waals surface area contributed by atoms with Crippen molar-refractivity contribution in [3.63, 3.8) is 0 Å². The number of aryl methyl sites for hydroxylation is 1. The van der Waals surface area contributed by atoms with E-state index in [-0.39, 0.29) is 11.7 Å². The maximum Gasteiger partial charge on any atom is 0.396 e.